The summed E-state index contributed by atoms with van der Waals surface area (Å²) < 4.78 is 4.35. The van der Waals surface area contributed by atoms with E-state index >= 15 is 0 Å². The van der Waals surface area contributed by atoms with Crippen LogP contribution in [0.2, 0.25) is 0 Å². The van der Waals surface area contributed by atoms with Gasteiger partial charge in [0.1, 0.15) is 5.82 Å². The van der Waals surface area contributed by atoms with Gasteiger partial charge in [-0.1, -0.05) is 12.1 Å². The molecule has 0 radical (unpaired) electrons. The third-order valence-corrected chi connectivity index (χ3v) is 3.49. The van der Waals surface area contributed by atoms with Gasteiger partial charge in [-0.3, -0.25) is 0 Å². The van der Waals surface area contributed by atoms with Crippen molar-refractivity contribution < 1.29 is 0 Å². The van der Waals surface area contributed by atoms with E-state index in [-0.39, 0.29) is 0 Å². The lowest BCUT2D eigenvalue weighted by atomic mass is 10.2. The Morgan fingerprint density at radius 3 is 2.76 bits per heavy atom. The van der Waals surface area contributed by atoms with Gasteiger partial charge in [0, 0.05) is 29.7 Å². The summed E-state index contributed by atoms with van der Waals surface area (Å²) in [6, 6.07) is 7.86. The molecule has 2 aromatic rings. The zero-order chi connectivity index (χ0) is 11.7. The largest absolute Gasteiger partial charge is 0.399 e. The molecule has 0 bridgehead atoms. The molecule has 1 saturated carbocycles. The van der Waals surface area contributed by atoms with Crippen LogP contribution in [0.25, 0.3) is 0 Å². The van der Waals surface area contributed by atoms with Crippen molar-refractivity contribution in [1.82, 2.24) is 9.36 Å². The minimum Gasteiger partial charge on any atom is -0.399 e. The van der Waals surface area contributed by atoms with Crippen molar-refractivity contribution in [3.05, 3.63) is 35.7 Å². The molecule has 0 spiro atoms. The molecule has 0 aliphatic heterocycles. The second-order valence-corrected chi connectivity index (χ2v) is 5.08. The predicted octanol–water partition coefficient (Wildman–Crippen LogP) is 2.61. The van der Waals surface area contributed by atoms with Crippen molar-refractivity contribution >= 4 is 22.4 Å². The number of nitrogens with one attached hydrogen (secondary N) is 1. The summed E-state index contributed by atoms with van der Waals surface area (Å²) in [4.78, 5) is 4.48. The van der Waals surface area contributed by atoms with E-state index in [1.54, 1.807) is 0 Å². The predicted molar refractivity (Wildman–Crippen MR) is 70.1 cm³/mol. The minimum atomic E-state index is 0.623. The van der Waals surface area contributed by atoms with Crippen LogP contribution >= 0.6 is 11.5 Å². The summed E-state index contributed by atoms with van der Waals surface area (Å²) in [6.07, 6.45) is 2.49. The summed E-state index contributed by atoms with van der Waals surface area (Å²) in [6.45, 7) is 0.763. The Balaban J connectivity index is 1.60. The number of benzene rings is 1. The fraction of sp³-hybridized carbons (Fsp3) is 0.333. The fourth-order valence-corrected chi connectivity index (χ4v) is 2.27. The van der Waals surface area contributed by atoms with Gasteiger partial charge in [-0.25, -0.2) is 4.98 Å². The first-order valence-corrected chi connectivity index (χ1v) is 6.50. The van der Waals surface area contributed by atoms with E-state index in [0.717, 1.165) is 23.2 Å². The number of nitrogens with zero attached hydrogens (tertiary/aromatic N) is 2. The maximum atomic E-state index is 5.64. The Hall–Kier alpha value is -1.62. The second-order valence-electron chi connectivity index (χ2n) is 4.33. The first kappa shape index (κ1) is 10.5. The highest BCUT2D eigenvalue weighted by Crippen LogP contribution is 2.39. The third-order valence-electron chi connectivity index (χ3n) is 2.81. The molecule has 3 rings (SSSR count). The van der Waals surface area contributed by atoms with Crippen LogP contribution in [0.5, 0.6) is 0 Å². The highest BCUT2D eigenvalue weighted by atomic mass is 32.1. The van der Waals surface area contributed by atoms with E-state index in [1.165, 1.54) is 29.9 Å². The van der Waals surface area contributed by atoms with E-state index in [2.05, 4.69) is 14.7 Å². The molecule has 1 aliphatic rings. The summed E-state index contributed by atoms with van der Waals surface area (Å²) in [7, 11) is 0. The Morgan fingerprint density at radius 2 is 2.06 bits per heavy atom. The molecule has 3 N–H and O–H groups in total. The van der Waals surface area contributed by atoms with Crippen LogP contribution in [0.4, 0.5) is 10.8 Å². The van der Waals surface area contributed by atoms with E-state index in [0.29, 0.717) is 5.92 Å². The number of nitrogen functional groups attached to an aromatic ring is 1. The molecule has 0 amide bonds. The van der Waals surface area contributed by atoms with Crippen molar-refractivity contribution in [2.24, 2.45) is 0 Å². The van der Waals surface area contributed by atoms with E-state index in [4.69, 9.17) is 5.73 Å². The normalized spacial score (nSPS) is 14.8. The van der Waals surface area contributed by atoms with Crippen LogP contribution in [0.3, 0.4) is 0 Å². The standard InChI is InChI=1S/C12H14N4S/c13-10-5-1-8(2-6-10)7-14-12-15-11(16-17-12)9-3-4-9/h1-2,5-6,9H,3-4,7,13H2,(H,14,15,16). The quantitative estimate of drug-likeness (QED) is 0.814. The smallest absolute Gasteiger partial charge is 0.202 e. The Bertz CT molecular complexity index is 501. The summed E-state index contributed by atoms with van der Waals surface area (Å²) in [5, 5.41) is 4.19. The first-order chi connectivity index (χ1) is 8.31. The maximum Gasteiger partial charge on any atom is 0.202 e. The number of anilines is 2. The Labute approximate surface area is 104 Å². The van der Waals surface area contributed by atoms with Crippen LogP contribution in [0, 0.1) is 0 Å². The molecular weight excluding hydrogens is 232 g/mol. The molecule has 1 fully saturated rings. The molecule has 88 valence electrons. The van der Waals surface area contributed by atoms with Gasteiger partial charge in [-0.2, -0.15) is 4.37 Å². The SMILES string of the molecule is Nc1ccc(CNc2nc(C3CC3)ns2)cc1. The number of hydrogen-bond donors (Lipinski definition) is 2. The van der Waals surface area contributed by atoms with E-state index < -0.39 is 0 Å². The Kier molecular flexibility index (Phi) is 2.68. The van der Waals surface area contributed by atoms with Gasteiger partial charge >= 0.3 is 0 Å². The zero-order valence-electron chi connectivity index (χ0n) is 9.39. The number of hydrogen-bond acceptors (Lipinski definition) is 5. The van der Waals surface area contributed by atoms with Crippen LogP contribution in [-0.4, -0.2) is 9.36 Å². The second kappa shape index (κ2) is 4.33. The number of aromatic nitrogens is 2. The molecule has 17 heavy (non-hydrogen) atoms. The molecular formula is C12H14N4S. The number of nitrogens with two attached hydrogens (primary N) is 1. The summed E-state index contributed by atoms with van der Waals surface area (Å²) >= 11 is 1.44. The van der Waals surface area contributed by atoms with Gasteiger partial charge in [0.2, 0.25) is 5.13 Å². The molecule has 1 heterocycles. The summed E-state index contributed by atoms with van der Waals surface area (Å²) in [5.41, 5.74) is 7.63. The maximum absolute atomic E-state index is 5.64. The van der Waals surface area contributed by atoms with E-state index in [1.807, 2.05) is 24.3 Å². The Morgan fingerprint density at radius 1 is 1.29 bits per heavy atom. The van der Waals surface area contributed by atoms with E-state index in [9.17, 15) is 0 Å². The van der Waals surface area contributed by atoms with Gasteiger partial charge in [-0.15, -0.1) is 0 Å². The molecule has 1 aliphatic carbocycles. The molecule has 0 saturated heterocycles. The number of rotatable bonds is 4. The van der Waals surface area contributed by atoms with Crippen molar-refractivity contribution in [2.45, 2.75) is 25.3 Å². The molecule has 1 aromatic heterocycles. The van der Waals surface area contributed by atoms with Crippen LogP contribution in [0.1, 0.15) is 30.1 Å². The zero-order valence-corrected chi connectivity index (χ0v) is 10.2. The lowest BCUT2D eigenvalue weighted by Gasteiger charge is -2.02. The summed E-state index contributed by atoms with van der Waals surface area (Å²) in [5.74, 6) is 1.63. The van der Waals surface area contributed by atoms with Crippen LogP contribution in [-0.2, 0) is 6.54 Å². The van der Waals surface area contributed by atoms with Crippen molar-refractivity contribution in [3.63, 3.8) is 0 Å². The van der Waals surface area contributed by atoms with Gasteiger partial charge in [0.05, 0.1) is 0 Å². The fourth-order valence-electron chi connectivity index (χ4n) is 1.63. The topological polar surface area (TPSA) is 63.8 Å². The third kappa shape index (κ3) is 2.55. The monoisotopic (exact) mass is 246 g/mol. The van der Waals surface area contributed by atoms with Crippen molar-refractivity contribution in [1.29, 1.82) is 0 Å². The highest BCUT2D eigenvalue weighted by molar-refractivity contribution is 7.09. The molecule has 1 aromatic carbocycles. The highest BCUT2D eigenvalue weighted by Gasteiger charge is 2.27. The van der Waals surface area contributed by atoms with Crippen molar-refractivity contribution in [2.75, 3.05) is 11.1 Å². The lowest BCUT2D eigenvalue weighted by molar-refractivity contribution is 0.980. The van der Waals surface area contributed by atoms with Crippen LogP contribution in [0.15, 0.2) is 24.3 Å². The van der Waals surface area contributed by atoms with Crippen LogP contribution < -0.4 is 11.1 Å². The molecule has 4 nitrogen and oxygen atoms in total. The van der Waals surface area contributed by atoms with Gasteiger partial charge in [-0.05, 0) is 30.5 Å². The van der Waals surface area contributed by atoms with Gasteiger partial charge < -0.3 is 11.1 Å². The molecule has 5 heteroatoms. The first-order valence-electron chi connectivity index (χ1n) is 5.73. The minimum absolute atomic E-state index is 0.623. The lowest BCUT2D eigenvalue weighted by Crippen LogP contribution is -1.99. The average molecular weight is 246 g/mol. The molecule has 0 unspecified atom stereocenters. The molecule has 0 atom stereocenters. The van der Waals surface area contributed by atoms with Crippen molar-refractivity contribution in [3.8, 4) is 0 Å². The van der Waals surface area contributed by atoms with Gasteiger partial charge in [0.25, 0.3) is 0 Å². The average Bonchev–Trinajstić information content (AvgIpc) is 3.09. The van der Waals surface area contributed by atoms with Gasteiger partial charge in [0.15, 0.2) is 0 Å².